The first-order valence-corrected chi connectivity index (χ1v) is 2.62. The second kappa shape index (κ2) is 2.76. The van der Waals surface area contributed by atoms with E-state index in [0.717, 1.165) is 6.92 Å². The summed E-state index contributed by atoms with van der Waals surface area (Å²) in [6.45, 7) is 2.35. The van der Waals surface area contributed by atoms with Crippen LogP contribution >= 0.6 is 0 Å². The van der Waals surface area contributed by atoms with Crippen LogP contribution in [-0.4, -0.2) is 22.7 Å². The first-order valence-electron chi connectivity index (χ1n) is 2.62. The van der Waals surface area contributed by atoms with E-state index < -0.39 is 11.7 Å². The number of nitrogens with two attached hydrogens (primary N) is 1. The van der Waals surface area contributed by atoms with Crippen molar-refractivity contribution in [1.82, 2.24) is 0 Å². The number of rotatable bonds is 1. The van der Waals surface area contributed by atoms with Gasteiger partial charge >= 0.3 is 5.97 Å². The number of ether oxygens (including phenoxy) is 1. The van der Waals surface area contributed by atoms with Crippen LogP contribution in [0.15, 0.2) is 0 Å². The second-order valence-electron chi connectivity index (χ2n) is 2.09. The highest BCUT2D eigenvalue weighted by Crippen LogP contribution is 1.95. The minimum Gasteiger partial charge on any atom is -0.409 e. The molecule has 0 aromatic rings. The number of carbonyl (C=O) groups is 1. The first-order chi connectivity index (χ1) is 4.34. The highest BCUT2D eigenvalue weighted by atomic mass is 16.6. The molecule has 5 nitrogen and oxygen atoms in total. The molecule has 0 radical (unpaired) electrons. The molecule has 0 aliphatic rings. The lowest BCUT2D eigenvalue weighted by molar-refractivity contribution is -0.154. The van der Waals surface area contributed by atoms with Crippen LogP contribution in [0.5, 0.6) is 0 Å². The number of aliphatic hydroxyl groups is 1. The number of hydrogen-bond donors (Lipinski definition) is 3. The fourth-order valence-corrected chi connectivity index (χ4v) is 0.242. The molecule has 0 amide bonds. The quantitative estimate of drug-likeness (QED) is 0.195. The SMILES string of the molecule is CC(=N)OC(=O)C(C)(N)O. The molecule has 0 saturated heterocycles. The van der Waals surface area contributed by atoms with Crippen LogP contribution in [-0.2, 0) is 9.53 Å². The highest BCUT2D eigenvalue weighted by molar-refractivity contribution is 5.89. The summed E-state index contributed by atoms with van der Waals surface area (Å²) in [4.78, 5) is 10.5. The van der Waals surface area contributed by atoms with Crippen LogP contribution in [0.1, 0.15) is 13.8 Å². The Morgan fingerprint density at radius 3 is 2.30 bits per heavy atom. The molecule has 58 valence electrons. The Morgan fingerprint density at radius 2 is 2.20 bits per heavy atom. The Morgan fingerprint density at radius 1 is 1.80 bits per heavy atom. The van der Waals surface area contributed by atoms with Gasteiger partial charge in [-0.1, -0.05) is 0 Å². The molecule has 0 rings (SSSR count). The van der Waals surface area contributed by atoms with Gasteiger partial charge in [-0.3, -0.25) is 11.1 Å². The Bertz CT molecular complexity index is 159. The molecule has 0 spiro atoms. The number of carbonyl (C=O) groups excluding carboxylic acids is 1. The van der Waals surface area contributed by atoms with E-state index in [-0.39, 0.29) is 5.90 Å². The summed E-state index contributed by atoms with van der Waals surface area (Å²) in [7, 11) is 0. The first kappa shape index (κ1) is 9.06. The second-order valence-corrected chi connectivity index (χ2v) is 2.09. The van der Waals surface area contributed by atoms with Gasteiger partial charge in [-0.2, -0.15) is 0 Å². The summed E-state index contributed by atoms with van der Waals surface area (Å²) in [6.07, 6.45) is 0. The van der Waals surface area contributed by atoms with Crippen LogP contribution in [0.4, 0.5) is 0 Å². The molecule has 0 aromatic heterocycles. The minimum absolute atomic E-state index is 0.296. The van der Waals surface area contributed by atoms with E-state index in [0.29, 0.717) is 0 Å². The molecular formula is C5H10N2O3. The maximum absolute atomic E-state index is 10.5. The highest BCUT2D eigenvalue weighted by Gasteiger charge is 2.26. The van der Waals surface area contributed by atoms with Gasteiger partial charge in [0.15, 0.2) is 5.90 Å². The third kappa shape index (κ3) is 3.16. The van der Waals surface area contributed by atoms with E-state index in [1.165, 1.54) is 6.92 Å². The van der Waals surface area contributed by atoms with E-state index in [1.807, 2.05) is 0 Å². The lowest BCUT2D eigenvalue weighted by Crippen LogP contribution is -2.46. The van der Waals surface area contributed by atoms with Crippen molar-refractivity contribution in [3.05, 3.63) is 0 Å². The summed E-state index contributed by atoms with van der Waals surface area (Å²) in [5.74, 6) is -1.32. The zero-order valence-corrected chi connectivity index (χ0v) is 5.84. The lowest BCUT2D eigenvalue weighted by Gasteiger charge is -2.13. The van der Waals surface area contributed by atoms with E-state index in [9.17, 15) is 4.79 Å². The van der Waals surface area contributed by atoms with E-state index in [1.54, 1.807) is 0 Å². The van der Waals surface area contributed by atoms with E-state index in [2.05, 4.69) is 4.74 Å². The molecule has 0 bridgehead atoms. The average Bonchev–Trinajstić information content (AvgIpc) is 1.60. The molecule has 10 heavy (non-hydrogen) atoms. The van der Waals surface area contributed by atoms with Crippen molar-refractivity contribution >= 4 is 11.9 Å². The van der Waals surface area contributed by atoms with Crippen molar-refractivity contribution in [1.29, 1.82) is 5.41 Å². The Labute approximate surface area is 58.3 Å². The van der Waals surface area contributed by atoms with Gasteiger partial charge in [-0.25, -0.2) is 4.79 Å². The van der Waals surface area contributed by atoms with Gasteiger partial charge in [-0.15, -0.1) is 0 Å². The monoisotopic (exact) mass is 146 g/mol. The van der Waals surface area contributed by atoms with Gasteiger partial charge < -0.3 is 9.84 Å². The molecule has 0 aliphatic carbocycles. The molecular weight excluding hydrogens is 136 g/mol. The predicted octanol–water partition coefficient (Wildman–Crippen LogP) is -0.806. The normalized spacial score (nSPS) is 15.6. The molecule has 5 heteroatoms. The summed E-state index contributed by atoms with van der Waals surface area (Å²) in [5, 5.41) is 15.4. The molecule has 1 unspecified atom stereocenters. The van der Waals surface area contributed by atoms with Crippen LogP contribution in [0.3, 0.4) is 0 Å². The Balaban J connectivity index is 3.99. The van der Waals surface area contributed by atoms with Crippen molar-refractivity contribution < 1.29 is 14.6 Å². The van der Waals surface area contributed by atoms with Crippen molar-refractivity contribution in [2.75, 3.05) is 0 Å². The molecule has 0 aliphatic heterocycles. The standard InChI is InChI=1S/C5H10N2O3/c1-3(6)10-4(8)5(2,7)9/h6,9H,7H2,1-2H3. The Hall–Kier alpha value is -0.940. The fourth-order valence-electron chi connectivity index (χ4n) is 0.242. The maximum atomic E-state index is 10.5. The zero-order valence-electron chi connectivity index (χ0n) is 5.84. The van der Waals surface area contributed by atoms with Crippen molar-refractivity contribution in [2.24, 2.45) is 5.73 Å². The average molecular weight is 146 g/mol. The topological polar surface area (TPSA) is 96.4 Å². The van der Waals surface area contributed by atoms with Crippen LogP contribution in [0.2, 0.25) is 0 Å². The van der Waals surface area contributed by atoms with Crippen molar-refractivity contribution in [3.63, 3.8) is 0 Å². The lowest BCUT2D eigenvalue weighted by atomic mass is 10.3. The van der Waals surface area contributed by atoms with Gasteiger partial charge in [-0.05, 0) is 6.92 Å². The fraction of sp³-hybridized carbons (Fsp3) is 0.600. The third-order valence-electron chi connectivity index (χ3n) is 0.659. The van der Waals surface area contributed by atoms with Crippen LogP contribution in [0, 0.1) is 5.41 Å². The summed E-state index contributed by atoms with van der Waals surface area (Å²) in [5.41, 5.74) is 2.90. The molecule has 0 fully saturated rings. The van der Waals surface area contributed by atoms with Gasteiger partial charge in [0.25, 0.3) is 0 Å². The van der Waals surface area contributed by atoms with Gasteiger partial charge in [0.2, 0.25) is 5.72 Å². The minimum atomic E-state index is -2.01. The van der Waals surface area contributed by atoms with Crippen molar-refractivity contribution in [2.45, 2.75) is 19.6 Å². The smallest absolute Gasteiger partial charge is 0.359 e. The van der Waals surface area contributed by atoms with Crippen LogP contribution < -0.4 is 5.73 Å². The summed E-state index contributed by atoms with van der Waals surface area (Å²) in [6, 6.07) is 0. The number of nitrogens with one attached hydrogen (secondary N) is 1. The molecule has 0 aromatic carbocycles. The Kier molecular flexibility index (Phi) is 2.50. The van der Waals surface area contributed by atoms with Crippen LogP contribution in [0.25, 0.3) is 0 Å². The van der Waals surface area contributed by atoms with Gasteiger partial charge in [0, 0.05) is 6.92 Å². The van der Waals surface area contributed by atoms with E-state index in [4.69, 9.17) is 16.2 Å². The summed E-state index contributed by atoms with van der Waals surface area (Å²) < 4.78 is 4.18. The van der Waals surface area contributed by atoms with Crippen molar-refractivity contribution in [3.8, 4) is 0 Å². The largest absolute Gasteiger partial charge is 0.409 e. The number of hydrogen-bond acceptors (Lipinski definition) is 5. The molecule has 0 saturated carbocycles. The summed E-state index contributed by atoms with van der Waals surface area (Å²) >= 11 is 0. The van der Waals surface area contributed by atoms with E-state index >= 15 is 0 Å². The zero-order chi connectivity index (χ0) is 8.36. The predicted molar refractivity (Wildman–Crippen MR) is 34.3 cm³/mol. The molecule has 1 atom stereocenters. The maximum Gasteiger partial charge on any atom is 0.359 e. The molecule has 4 N–H and O–H groups in total. The third-order valence-corrected chi connectivity index (χ3v) is 0.659. The van der Waals surface area contributed by atoms with Gasteiger partial charge in [0.05, 0.1) is 0 Å². The number of esters is 1. The van der Waals surface area contributed by atoms with Gasteiger partial charge in [0.1, 0.15) is 0 Å². The molecule has 0 heterocycles.